The van der Waals surface area contributed by atoms with Gasteiger partial charge in [0.15, 0.2) is 0 Å². The number of nitrogens with one attached hydrogen (secondary N) is 1. The van der Waals surface area contributed by atoms with E-state index in [0.29, 0.717) is 13.0 Å². The fourth-order valence-corrected chi connectivity index (χ4v) is 0.378. The predicted molar refractivity (Wildman–Crippen MR) is 40.7 cm³/mol. The summed E-state index contributed by atoms with van der Waals surface area (Å²) in [5.41, 5.74) is 5.37. The summed E-state index contributed by atoms with van der Waals surface area (Å²) in [4.78, 5) is 3.76. The van der Waals surface area contributed by atoms with Gasteiger partial charge in [0.2, 0.25) is 0 Å². The molecule has 0 aliphatic heterocycles. The van der Waals surface area contributed by atoms with Crippen molar-refractivity contribution in [1.29, 1.82) is 5.41 Å². The molecular weight excluding hydrogens is 133 g/mol. The van der Waals surface area contributed by atoms with Gasteiger partial charge >= 0.3 is 0 Å². The Hall–Kier alpha value is -0.770. The van der Waals surface area contributed by atoms with Crippen molar-refractivity contribution in [3.63, 3.8) is 0 Å². The molecule has 0 heterocycles. The van der Waals surface area contributed by atoms with E-state index in [2.05, 4.69) is 4.99 Å². The average Bonchev–Trinajstić information content (AvgIpc) is 1.98. The minimum absolute atomic E-state index is 0.194. The Labute approximate surface area is 59.7 Å². The maximum Gasteiger partial charge on any atom is 0.0912 e. The maximum atomic E-state index is 11.4. The van der Waals surface area contributed by atoms with Gasteiger partial charge in [0.1, 0.15) is 0 Å². The Kier molecular flexibility index (Phi) is 5.86. The number of hydrogen-bond donors (Lipinski definition) is 2. The molecule has 0 amide bonds. The van der Waals surface area contributed by atoms with E-state index >= 15 is 0 Å². The average molecular weight is 145 g/mol. The molecule has 0 spiro atoms. The predicted octanol–water partition coefficient (Wildman–Crippen LogP) is 0.395. The van der Waals surface area contributed by atoms with Crippen LogP contribution in [0.4, 0.5) is 4.39 Å². The molecule has 0 radical (unpaired) electrons. The van der Waals surface area contributed by atoms with E-state index in [0.717, 1.165) is 0 Å². The van der Waals surface area contributed by atoms with Gasteiger partial charge in [-0.05, 0) is 6.42 Å². The van der Waals surface area contributed by atoms with E-state index in [1.807, 2.05) is 0 Å². The van der Waals surface area contributed by atoms with Crippen LogP contribution in [0.3, 0.4) is 0 Å². The molecule has 0 aromatic rings. The quantitative estimate of drug-likeness (QED) is 0.426. The van der Waals surface area contributed by atoms with Gasteiger partial charge in [0.25, 0.3) is 0 Å². The standard InChI is InChI=1S/C6H12FN3/c7-2-1-3-10-5-6(9)4-8/h5,9H,1-4,8H2. The zero-order valence-electron chi connectivity index (χ0n) is 5.81. The lowest BCUT2D eigenvalue weighted by Crippen LogP contribution is -2.13. The van der Waals surface area contributed by atoms with Crippen LogP contribution in [0.2, 0.25) is 0 Å². The Morgan fingerprint density at radius 2 is 2.40 bits per heavy atom. The van der Waals surface area contributed by atoms with E-state index < -0.39 is 0 Å². The first-order valence-corrected chi connectivity index (χ1v) is 3.14. The summed E-state index contributed by atoms with van der Waals surface area (Å²) in [5.74, 6) is 0. The third-order valence-corrected chi connectivity index (χ3v) is 0.888. The van der Waals surface area contributed by atoms with Gasteiger partial charge in [-0.3, -0.25) is 9.38 Å². The molecule has 3 nitrogen and oxygen atoms in total. The molecule has 0 fully saturated rings. The number of nitrogens with two attached hydrogens (primary N) is 1. The van der Waals surface area contributed by atoms with Crippen LogP contribution < -0.4 is 5.73 Å². The van der Waals surface area contributed by atoms with Gasteiger partial charge in [-0.15, -0.1) is 0 Å². The molecule has 0 bridgehead atoms. The molecule has 0 saturated heterocycles. The van der Waals surface area contributed by atoms with Crippen LogP contribution >= 0.6 is 0 Å². The lowest BCUT2D eigenvalue weighted by Gasteiger charge is -1.89. The summed E-state index contributed by atoms with van der Waals surface area (Å²) in [6, 6.07) is 0. The molecule has 3 N–H and O–H groups in total. The lowest BCUT2D eigenvalue weighted by atomic mass is 10.4. The number of halogens is 1. The summed E-state index contributed by atoms with van der Waals surface area (Å²) < 4.78 is 11.4. The van der Waals surface area contributed by atoms with Gasteiger partial charge in [-0.1, -0.05) is 0 Å². The monoisotopic (exact) mass is 145 g/mol. The number of nitrogens with zero attached hydrogens (tertiary/aromatic N) is 1. The second-order valence-corrected chi connectivity index (χ2v) is 1.81. The summed E-state index contributed by atoms with van der Waals surface area (Å²) in [5, 5.41) is 7.00. The largest absolute Gasteiger partial charge is 0.325 e. The second-order valence-electron chi connectivity index (χ2n) is 1.81. The van der Waals surface area contributed by atoms with Gasteiger partial charge in [-0.25, -0.2) is 0 Å². The number of aliphatic imine (C=N–C) groups is 1. The van der Waals surface area contributed by atoms with Gasteiger partial charge < -0.3 is 11.1 Å². The Morgan fingerprint density at radius 3 is 2.90 bits per heavy atom. The third-order valence-electron chi connectivity index (χ3n) is 0.888. The minimum Gasteiger partial charge on any atom is -0.325 e. The van der Waals surface area contributed by atoms with Crippen LogP contribution in [-0.2, 0) is 0 Å². The maximum absolute atomic E-state index is 11.4. The molecule has 4 heteroatoms. The molecule has 0 aromatic carbocycles. The van der Waals surface area contributed by atoms with Crippen LogP contribution in [0.1, 0.15) is 6.42 Å². The Morgan fingerprint density at radius 1 is 1.70 bits per heavy atom. The Bertz CT molecular complexity index is 122. The highest BCUT2D eigenvalue weighted by Gasteiger charge is 1.84. The van der Waals surface area contributed by atoms with Crippen molar-refractivity contribution in [1.82, 2.24) is 0 Å². The van der Waals surface area contributed by atoms with Crippen LogP contribution in [-0.4, -0.2) is 31.7 Å². The number of rotatable bonds is 5. The summed E-state index contributed by atoms with van der Waals surface area (Å²) >= 11 is 0. The summed E-state index contributed by atoms with van der Waals surface area (Å²) in [6.07, 6.45) is 1.80. The van der Waals surface area contributed by atoms with E-state index in [4.69, 9.17) is 11.1 Å². The minimum atomic E-state index is -0.354. The molecule has 0 aliphatic rings. The SMILES string of the molecule is N=C(C=NCCCF)CN. The molecule has 0 unspecified atom stereocenters. The van der Waals surface area contributed by atoms with Crippen molar-refractivity contribution in [2.75, 3.05) is 19.8 Å². The fraction of sp³-hybridized carbons (Fsp3) is 0.667. The van der Waals surface area contributed by atoms with E-state index in [9.17, 15) is 4.39 Å². The van der Waals surface area contributed by atoms with Crippen LogP contribution in [0.25, 0.3) is 0 Å². The van der Waals surface area contributed by atoms with Crippen molar-refractivity contribution in [2.24, 2.45) is 10.7 Å². The van der Waals surface area contributed by atoms with Crippen molar-refractivity contribution >= 4 is 11.9 Å². The first kappa shape index (κ1) is 9.23. The first-order chi connectivity index (χ1) is 4.81. The molecule has 0 aromatic heterocycles. The van der Waals surface area contributed by atoms with Crippen molar-refractivity contribution in [3.05, 3.63) is 0 Å². The van der Waals surface area contributed by atoms with Crippen molar-refractivity contribution in [2.45, 2.75) is 6.42 Å². The van der Waals surface area contributed by atoms with Crippen LogP contribution in [0.5, 0.6) is 0 Å². The second kappa shape index (κ2) is 6.35. The third kappa shape index (κ3) is 5.37. The molecule has 0 aliphatic carbocycles. The lowest BCUT2D eigenvalue weighted by molar-refractivity contribution is 0.478. The smallest absolute Gasteiger partial charge is 0.0912 e. The normalized spacial score (nSPS) is 10.6. The van der Waals surface area contributed by atoms with E-state index in [1.165, 1.54) is 6.21 Å². The highest BCUT2D eigenvalue weighted by atomic mass is 19.1. The van der Waals surface area contributed by atoms with Gasteiger partial charge in [0.05, 0.1) is 12.4 Å². The molecule has 10 heavy (non-hydrogen) atoms. The van der Waals surface area contributed by atoms with E-state index in [1.54, 1.807) is 0 Å². The number of alkyl halides is 1. The zero-order valence-corrected chi connectivity index (χ0v) is 5.81. The fourth-order valence-electron chi connectivity index (χ4n) is 0.378. The van der Waals surface area contributed by atoms with Crippen molar-refractivity contribution in [3.8, 4) is 0 Å². The van der Waals surface area contributed by atoms with Crippen molar-refractivity contribution < 1.29 is 4.39 Å². The topological polar surface area (TPSA) is 62.2 Å². The molecule has 0 atom stereocenters. The summed E-state index contributed by atoms with van der Waals surface area (Å²) in [6.45, 7) is 0.283. The zero-order chi connectivity index (χ0) is 7.82. The molecule has 0 rings (SSSR count). The highest BCUT2D eigenvalue weighted by Crippen LogP contribution is 1.80. The van der Waals surface area contributed by atoms with Crippen LogP contribution in [0.15, 0.2) is 4.99 Å². The molecule has 0 saturated carbocycles. The number of hydrogen-bond acceptors (Lipinski definition) is 3. The van der Waals surface area contributed by atoms with E-state index in [-0.39, 0.29) is 18.9 Å². The highest BCUT2D eigenvalue weighted by molar-refractivity contribution is 6.29. The first-order valence-electron chi connectivity index (χ1n) is 3.14. The summed E-state index contributed by atoms with van der Waals surface area (Å²) in [7, 11) is 0. The van der Waals surface area contributed by atoms with Gasteiger partial charge in [-0.2, -0.15) is 0 Å². The van der Waals surface area contributed by atoms with Gasteiger partial charge in [0, 0.05) is 19.3 Å². The Balaban J connectivity index is 3.27. The molecule has 58 valence electrons. The molecular formula is C6H12FN3. The van der Waals surface area contributed by atoms with Crippen LogP contribution in [0, 0.1) is 5.41 Å².